The maximum atomic E-state index is 12.2. The first-order valence-electron chi connectivity index (χ1n) is 7.84. The van der Waals surface area contributed by atoms with Gasteiger partial charge in [-0.05, 0) is 25.7 Å². The molecule has 0 bridgehead atoms. The van der Waals surface area contributed by atoms with Gasteiger partial charge in [-0.15, -0.1) is 11.3 Å². The number of likely N-dealkylation sites (N-methyl/N-ethyl adjacent to an activating group) is 1. The number of hydrogen-bond acceptors (Lipinski definition) is 4. The van der Waals surface area contributed by atoms with Crippen molar-refractivity contribution in [2.24, 2.45) is 0 Å². The van der Waals surface area contributed by atoms with E-state index in [1.54, 1.807) is 6.08 Å². The molecule has 3 rings (SSSR count). The molecule has 2 aromatic heterocycles. The first kappa shape index (κ1) is 17.7. The Hall–Kier alpha value is -2.15. The smallest absolute Gasteiger partial charge is 0.244 e. The highest BCUT2D eigenvalue weighted by atomic mass is 35.5. The van der Waals surface area contributed by atoms with Gasteiger partial charge in [0.05, 0.1) is 11.7 Å². The van der Waals surface area contributed by atoms with Gasteiger partial charge in [0.1, 0.15) is 0 Å². The van der Waals surface area contributed by atoms with Crippen LogP contribution in [0.15, 0.2) is 48.0 Å². The highest BCUT2D eigenvalue weighted by Gasteiger charge is 2.14. The molecule has 0 fully saturated rings. The van der Waals surface area contributed by atoms with Crippen LogP contribution in [-0.4, -0.2) is 40.8 Å². The number of hydrogen-bond donors (Lipinski definition) is 1. The van der Waals surface area contributed by atoms with Gasteiger partial charge in [-0.25, -0.2) is 4.98 Å². The molecule has 1 atom stereocenters. The number of halogens is 1. The van der Waals surface area contributed by atoms with Crippen LogP contribution in [0.1, 0.15) is 17.3 Å². The van der Waals surface area contributed by atoms with E-state index in [9.17, 15) is 4.79 Å². The number of benzene rings is 1. The van der Waals surface area contributed by atoms with Gasteiger partial charge < -0.3 is 10.2 Å². The molecule has 5 nitrogen and oxygen atoms in total. The molecule has 2 heterocycles. The highest BCUT2D eigenvalue weighted by molar-refractivity contribution is 7.15. The number of thiazole rings is 1. The fourth-order valence-electron chi connectivity index (χ4n) is 2.61. The summed E-state index contributed by atoms with van der Waals surface area (Å²) in [7, 11) is 4.00. The first-order valence-corrected chi connectivity index (χ1v) is 9.10. The van der Waals surface area contributed by atoms with Gasteiger partial charge >= 0.3 is 0 Å². The predicted octanol–water partition coefficient (Wildman–Crippen LogP) is 3.48. The van der Waals surface area contributed by atoms with Crippen LogP contribution in [0, 0.1) is 0 Å². The molecule has 0 radical (unpaired) electrons. The quantitative estimate of drug-likeness (QED) is 0.672. The second kappa shape index (κ2) is 7.82. The summed E-state index contributed by atoms with van der Waals surface area (Å²) in [4.78, 5) is 19.3. The van der Waals surface area contributed by atoms with E-state index in [1.807, 2.05) is 48.3 Å². The number of carbonyl (C=O) groups excluding carboxylic acids is 1. The summed E-state index contributed by atoms with van der Waals surface area (Å²) in [6, 6.07) is 10.2. The van der Waals surface area contributed by atoms with E-state index < -0.39 is 0 Å². The molecule has 7 heteroatoms. The van der Waals surface area contributed by atoms with Gasteiger partial charge in [0.25, 0.3) is 0 Å². The summed E-state index contributed by atoms with van der Waals surface area (Å²) in [6.07, 6.45) is 5.07. The summed E-state index contributed by atoms with van der Waals surface area (Å²) in [5.41, 5.74) is 1.87. The summed E-state index contributed by atoms with van der Waals surface area (Å²) in [5.74, 6) is -0.163. The van der Waals surface area contributed by atoms with Crippen molar-refractivity contribution in [3.05, 3.63) is 64.4 Å². The average Bonchev–Trinajstić information content (AvgIpc) is 3.14. The zero-order valence-electron chi connectivity index (χ0n) is 14.0. The Bertz CT molecular complexity index is 885. The monoisotopic (exact) mass is 374 g/mol. The van der Waals surface area contributed by atoms with E-state index in [0.717, 1.165) is 10.5 Å². The minimum Gasteiger partial charge on any atom is -0.351 e. The number of fused-ring (bicyclic) bond motifs is 1. The second-order valence-corrected chi connectivity index (χ2v) is 7.04. The Morgan fingerprint density at radius 2 is 2.16 bits per heavy atom. The van der Waals surface area contributed by atoms with E-state index in [2.05, 4.69) is 27.3 Å². The Morgan fingerprint density at radius 3 is 2.88 bits per heavy atom. The minimum atomic E-state index is -0.163. The lowest BCUT2D eigenvalue weighted by Crippen LogP contribution is -2.33. The van der Waals surface area contributed by atoms with E-state index >= 15 is 0 Å². The van der Waals surface area contributed by atoms with Crippen LogP contribution in [0.4, 0.5) is 0 Å². The molecule has 1 N–H and O–H groups in total. The van der Waals surface area contributed by atoms with Gasteiger partial charge in [0.2, 0.25) is 5.91 Å². The van der Waals surface area contributed by atoms with E-state index in [4.69, 9.17) is 11.6 Å². The zero-order chi connectivity index (χ0) is 17.8. The number of nitrogens with zero attached hydrogens (tertiary/aromatic N) is 3. The van der Waals surface area contributed by atoms with Crippen LogP contribution >= 0.6 is 22.9 Å². The van der Waals surface area contributed by atoms with Crippen LogP contribution in [0.2, 0.25) is 5.15 Å². The molecule has 0 saturated carbocycles. The van der Waals surface area contributed by atoms with Gasteiger partial charge in [0.15, 0.2) is 10.1 Å². The fraction of sp³-hybridized carbons (Fsp3) is 0.222. The standard InChI is InChI=1S/C18H19ClN4OS/c1-22(2)15(13-6-4-3-5-7-13)12-20-16(24)9-8-14-17(19)21-18-23(14)10-11-25-18/h3-11,15H,12H2,1-2H3,(H,20,24)/b9-8+. The van der Waals surface area contributed by atoms with Crippen LogP contribution in [0.25, 0.3) is 11.0 Å². The molecule has 130 valence electrons. The Morgan fingerprint density at radius 1 is 1.40 bits per heavy atom. The lowest BCUT2D eigenvalue weighted by Gasteiger charge is -2.24. The molecule has 25 heavy (non-hydrogen) atoms. The topological polar surface area (TPSA) is 49.6 Å². The number of carbonyl (C=O) groups is 1. The Kier molecular flexibility index (Phi) is 5.53. The first-order chi connectivity index (χ1) is 12.1. The Balaban J connectivity index is 1.66. The summed E-state index contributed by atoms with van der Waals surface area (Å²) >= 11 is 7.63. The summed E-state index contributed by atoms with van der Waals surface area (Å²) < 4.78 is 1.86. The van der Waals surface area contributed by atoms with Crippen molar-refractivity contribution in [1.82, 2.24) is 19.6 Å². The van der Waals surface area contributed by atoms with E-state index in [1.165, 1.54) is 17.4 Å². The number of aromatic nitrogens is 2. The van der Waals surface area contributed by atoms with Crippen molar-refractivity contribution in [3.63, 3.8) is 0 Å². The predicted molar refractivity (Wildman–Crippen MR) is 103 cm³/mol. The summed E-state index contributed by atoms with van der Waals surface area (Å²) in [6.45, 7) is 0.522. The fourth-order valence-corrected chi connectivity index (χ4v) is 3.62. The van der Waals surface area contributed by atoms with Crippen molar-refractivity contribution >= 4 is 39.9 Å². The summed E-state index contributed by atoms with van der Waals surface area (Å²) in [5, 5.41) is 5.27. The van der Waals surface area contributed by atoms with Crippen molar-refractivity contribution in [2.75, 3.05) is 20.6 Å². The van der Waals surface area contributed by atoms with E-state index in [0.29, 0.717) is 17.4 Å². The number of nitrogens with one attached hydrogen (secondary N) is 1. The molecule has 0 saturated heterocycles. The van der Waals surface area contributed by atoms with E-state index in [-0.39, 0.29) is 11.9 Å². The van der Waals surface area contributed by atoms with Crippen LogP contribution in [0.3, 0.4) is 0 Å². The maximum Gasteiger partial charge on any atom is 0.244 e. The number of amides is 1. The molecule has 0 spiro atoms. The molecular weight excluding hydrogens is 356 g/mol. The molecule has 0 aliphatic rings. The molecule has 3 aromatic rings. The largest absolute Gasteiger partial charge is 0.351 e. The van der Waals surface area contributed by atoms with Crippen LogP contribution in [0.5, 0.6) is 0 Å². The molecule has 1 aromatic carbocycles. The molecule has 0 aliphatic heterocycles. The van der Waals surface area contributed by atoms with Crippen molar-refractivity contribution in [2.45, 2.75) is 6.04 Å². The average molecular weight is 375 g/mol. The zero-order valence-corrected chi connectivity index (χ0v) is 15.6. The Labute approximate surface area is 155 Å². The lowest BCUT2D eigenvalue weighted by molar-refractivity contribution is -0.116. The SMILES string of the molecule is CN(C)C(CNC(=O)/C=C/c1c(Cl)nc2sccn12)c1ccccc1. The molecular formula is C18H19ClN4OS. The third kappa shape index (κ3) is 4.10. The van der Waals surface area contributed by atoms with Crippen LogP contribution < -0.4 is 5.32 Å². The van der Waals surface area contributed by atoms with Crippen molar-refractivity contribution < 1.29 is 4.79 Å². The third-order valence-corrected chi connectivity index (χ3v) is 4.96. The van der Waals surface area contributed by atoms with Crippen molar-refractivity contribution in [3.8, 4) is 0 Å². The molecule has 1 unspecified atom stereocenters. The van der Waals surface area contributed by atoms with Crippen molar-refractivity contribution in [1.29, 1.82) is 0 Å². The van der Waals surface area contributed by atoms with Gasteiger partial charge in [-0.1, -0.05) is 41.9 Å². The number of imidazole rings is 1. The highest BCUT2D eigenvalue weighted by Crippen LogP contribution is 2.22. The van der Waals surface area contributed by atoms with Gasteiger partial charge in [0, 0.05) is 24.2 Å². The lowest BCUT2D eigenvalue weighted by atomic mass is 10.1. The second-order valence-electron chi connectivity index (χ2n) is 5.81. The maximum absolute atomic E-state index is 12.2. The van der Waals surface area contributed by atoms with Crippen LogP contribution in [-0.2, 0) is 4.79 Å². The minimum absolute atomic E-state index is 0.112. The number of rotatable bonds is 6. The van der Waals surface area contributed by atoms with Gasteiger partial charge in [-0.2, -0.15) is 0 Å². The van der Waals surface area contributed by atoms with Gasteiger partial charge in [-0.3, -0.25) is 9.20 Å². The third-order valence-electron chi connectivity index (χ3n) is 3.92. The molecule has 0 aliphatic carbocycles. The normalized spacial score (nSPS) is 13.0. The molecule has 1 amide bonds.